The normalized spacial score (nSPS) is 18.4. The van der Waals surface area contributed by atoms with Crippen LogP contribution in [0, 0.1) is 11.3 Å². The third-order valence-electron chi connectivity index (χ3n) is 5.71. The van der Waals surface area contributed by atoms with Crippen LogP contribution < -0.4 is 4.74 Å². The zero-order chi connectivity index (χ0) is 22.2. The fraction of sp³-hybridized carbons (Fsp3) is 0.381. The van der Waals surface area contributed by atoms with Gasteiger partial charge in [0.25, 0.3) is 5.91 Å². The van der Waals surface area contributed by atoms with Gasteiger partial charge in [-0.25, -0.2) is 0 Å². The second-order valence-electron chi connectivity index (χ2n) is 7.50. The fourth-order valence-electron chi connectivity index (χ4n) is 4.34. The van der Waals surface area contributed by atoms with Crippen molar-refractivity contribution in [3.63, 3.8) is 0 Å². The number of benzene rings is 1. The van der Waals surface area contributed by atoms with Gasteiger partial charge in [0.05, 0.1) is 53.5 Å². The molecule has 1 N–H and O–H groups in total. The third kappa shape index (κ3) is 3.49. The van der Waals surface area contributed by atoms with E-state index in [1.807, 2.05) is 6.07 Å². The molecule has 0 bridgehead atoms. The molecule has 1 saturated heterocycles. The number of amides is 1. The molecule has 4 heterocycles. The Kier molecular flexibility index (Phi) is 5.69. The Morgan fingerprint density at radius 2 is 2.25 bits per heavy atom. The van der Waals surface area contributed by atoms with E-state index < -0.39 is 6.10 Å². The molecule has 2 aliphatic rings. The molecule has 1 unspecified atom stereocenters. The maximum Gasteiger partial charge on any atom is 0.254 e. The number of carbonyl (C=O) groups is 1. The Morgan fingerprint density at radius 1 is 1.38 bits per heavy atom. The molecule has 166 valence electrons. The average Bonchev–Trinajstić information content (AvgIpc) is 3.46. The SMILES string of the molecule is N#CCOc1cc(Cl)c(Cl)c2c1c(-c1cn[nH]c1)c1n2CCN(C(=O)C2COCCO2)C1. The molecule has 1 amide bonds. The number of H-pyrrole nitrogens is 1. The van der Waals surface area contributed by atoms with Crippen molar-refractivity contribution in [2.75, 3.05) is 33.0 Å². The second-order valence-corrected chi connectivity index (χ2v) is 8.28. The highest BCUT2D eigenvalue weighted by Crippen LogP contribution is 2.47. The van der Waals surface area contributed by atoms with Gasteiger partial charge >= 0.3 is 0 Å². The standard InChI is InChI=1S/C21H19Cl2N5O4/c22-13-7-15(31-4-1-24)18-17(12-8-25-26-9-12)14-10-27(2-3-28(14)20(18)19(13)23)21(29)16-11-30-5-6-32-16/h7-9,16H,2-6,10-11H2,(H,25,26). The maximum atomic E-state index is 13.1. The first-order chi connectivity index (χ1) is 15.6. The van der Waals surface area contributed by atoms with Crippen LogP contribution in [-0.4, -0.2) is 64.6 Å². The number of fused-ring (bicyclic) bond motifs is 3. The molecule has 0 radical (unpaired) electrons. The summed E-state index contributed by atoms with van der Waals surface area (Å²) in [6, 6.07) is 3.61. The summed E-state index contributed by atoms with van der Waals surface area (Å²) in [6.07, 6.45) is 2.86. The molecule has 0 aliphatic carbocycles. The lowest BCUT2D eigenvalue weighted by molar-refractivity contribution is -0.159. The molecule has 0 saturated carbocycles. The third-order valence-corrected chi connectivity index (χ3v) is 6.49. The summed E-state index contributed by atoms with van der Waals surface area (Å²) in [4.78, 5) is 14.9. The van der Waals surface area contributed by atoms with Gasteiger partial charge in [0.15, 0.2) is 12.7 Å². The summed E-state index contributed by atoms with van der Waals surface area (Å²) in [6.45, 7) is 2.35. The molecule has 1 atom stereocenters. The van der Waals surface area contributed by atoms with Crippen LogP contribution in [0.25, 0.3) is 22.0 Å². The van der Waals surface area contributed by atoms with E-state index in [0.717, 1.165) is 22.2 Å². The van der Waals surface area contributed by atoms with Crippen molar-refractivity contribution in [2.24, 2.45) is 0 Å². The zero-order valence-electron chi connectivity index (χ0n) is 16.9. The molecule has 9 nitrogen and oxygen atoms in total. The molecule has 1 aromatic carbocycles. The Balaban J connectivity index is 1.66. The van der Waals surface area contributed by atoms with E-state index >= 15 is 0 Å². The molecule has 2 aromatic heterocycles. The molecule has 0 spiro atoms. The van der Waals surface area contributed by atoms with E-state index in [1.54, 1.807) is 23.4 Å². The predicted molar refractivity (Wildman–Crippen MR) is 117 cm³/mol. The van der Waals surface area contributed by atoms with Gasteiger partial charge in [-0.2, -0.15) is 10.4 Å². The van der Waals surface area contributed by atoms with E-state index in [2.05, 4.69) is 14.8 Å². The van der Waals surface area contributed by atoms with Crippen LogP contribution >= 0.6 is 23.2 Å². The van der Waals surface area contributed by atoms with Crippen molar-refractivity contribution in [2.45, 2.75) is 19.2 Å². The van der Waals surface area contributed by atoms with Crippen LogP contribution in [0.15, 0.2) is 18.5 Å². The average molecular weight is 476 g/mol. The summed E-state index contributed by atoms with van der Waals surface area (Å²) < 4.78 is 18.8. The van der Waals surface area contributed by atoms with Crippen LogP contribution in [0.5, 0.6) is 5.75 Å². The minimum absolute atomic E-state index is 0.107. The summed E-state index contributed by atoms with van der Waals surface area (Å²) >= 11 is 13.1. The number of halogens is 2. The molecule has 1 fully saturated rings. The van der Waals surface area contributed by atoms with Gasteiger partial charge in [-0.05, 0) is 0 Å². The van der Waals surface area contributed by atoms with Crippen LogP contribution in [0.4, 0.5) is 0 Å². The van der Waals surface area contributed by atoms with Gasteiger partial charge in [0.1, 0.15) is 11.8 Å². The number of ether oxygens (including phenoxy) is 3. The Hall–Kier alpha value is -2.77. The summed E-state index contributed by atoms with van der Waals surface area (Å²) in [5.41, 5.74) is 3.24. The van der Waals surface area contributed by atoms with Gasteiger partial charge in [-0.15, -0.1) is 0 Å². The fourth-order valence-corrected chi connectivity index (χ4v) is 4.78. The molecule has 32 heavy (non-hydrogen) atoms. The van der Waals surface area contributed by atoms with Crippen molar-refractivity contribution < 1.29 is 19.0 Å². The van der Waals surface area contributed by atoms with Gasteiger partial charge in [0.2, 0.25) is 0 Å². The number of aromatic amines is 1. The Labute approximate surface area is 193 Å². The number of hydrogen-bond donors (Lipinski definition) is 1. The van der Waals surface area contributed by atoms with Gasteiger partial charge in [-0.1, -0.05) is 23.2 Å². The molecule has 3 aromatic rings. The number of hydrogen-bond acceptors (Lipinski definition) is 6. The highest BCUT2D eigenvalue weighted by Gasteiger charge is 2.34. The first kappa shape index (κ1) is 21.1. The second kappa shape index (κ2) is 8.64. The van der Waals surface area contributed by atoms with Crippen molar-refractivity contribution in [1.29, 1.82) is 5.26 Å². The minimum Gasteiger partial charge on any atom is -0.478 e. The Bertz CT molecular complexity index is 1210. The smallest absolute Gasteiger partial charge is 0.254 e. The highest BCUT2D eigenvalue weighted by atomic mass is 35.5. The maximum absolute atomic E-state index is 13.1. The van der Waals surface area contributed by atoms with Crippen molar-refractivity contribution in [1.82, 2.24) is 19.7 Å². The van der Waals surface area contributed by atoms with Crippen molar-refractivity contribution in [3.05, 3.63) is 34.2 Å². The first-order valence-electron chi connectivity index (χ1n) is 10.1. The zero-order valence-corrected chi connectivity index (χ0v) is 18.4. The summed E-state index contributed by atoms with van der Waals surface area (Å²) in [5.74, 6) is 0.348. The molecular weight excluding hydrogens is 457 g/mol. The van der Waals surface area contributed by atoms with Crippen LogP contribution in [0.3, 0.4) is 0 Å². The van der Waals surface area contributed by atoms with E-state index in [0.29, 0.717) is 54.2 Å². The number of aromatic nitrogens is 3. The topological polar surface area (TPSA) is 105 Å². The lowest BCUT2D eigenvalue weighted by Crippen LogP contribution is -2.47. The number of nitriles is 1. The van der Waals surface area contributed by atoms with E-state index in [1.165, 1.54) is 0 Å². The van der Waals surface area contributed by atoms with Gasteiger partial charge in [0, 0.05) is 42.2 Å². The molecular formula is C21H19Cl2N5O4. The lowest BCUT2D eigenvalue weighted by atomic mass is 10.0. The van der Waals surface area contributed by atoms with E-state index in [9.17, 15) is 4.79 Å². The molecule has 11 heteroatoms. The van der Waals surface area contributed by atoms with Crippen LogP contribution in [-0.2, 0) is 27.4 Å². The lowest BCUT2D eigenvalue weighted by Gasteiger charge is -2.33. The monoisotopic (exact) mass is 475 g/mol. The minimum atomic E-state index is -0.607. The summed E-state index contributed by atoms with van der Waals surface area (Å²) in [7, 11) is 0. The summed E-state index contributed by atoms with van der Waals surface area (Å²) in [5, 5.41) is 17.4. The van der Waals surface area contributed by atoms with Crippen LogP contribution in [0.1, 0.15) is 5.69 Å². The van der Waals surface area contributed by atoms with Crippen molar-refractivity contribution >= 4 is 40.0 Å². The van der Waals surface area contributed by atoms with E-state index in [-0.39, 0.29) is 19.1 Å². The molecule has 5 rings (SSSR count). The number of rotatable bonds is 4. The predicted octanol–water partition coefficient (Wildman–Crippen LogP) is 3.00. The van der Waals surface area contributed by atoms with Crippen molar-refractivity contribution in [3.8, 4) is 22.9 Å². The van der Waals surface area contributed by atoms with Gasteiger partial charge in [-0.3, -0.25) is 9.89 Å². The Morgan fingerprint density at radius 3 is 2.97 bits per heavy atom. The largest absolute Gasteiger partial charge is 0.478 e. The quantitative estimate of drug-likeness (QED) is 0.621. The number of carbonyl (C=O) groups excluding carboxylic acids is 1. The highest BCUT2D eigenvalue weighted by molar-refractivity contribution is 6.45. The molecule has 2 aliphatic heterocycles. The van der Waals surface area contributed by atoms with Gasteiger partial charge < -0.3 is 23.7 Å². The van der Waals surface area contributed by atoms with E-state index in [4.69, 9.17) is 42.7 Å². The van der Waals surface area contributed by atoms with Crippen LogP contribution in [0.2, 0.25) is 10.0 Å². The number of nitrogens with one attached hydrogen (secondary N) is 1. The first-order valence-corrected chi connectivity index (χ1v) is 10.9. The number of nitrogens with zero attached hydrogens (tertiary/aromatic N) is 4.